The van der Waals surface area contributed by atoms with Crippen LogP contribution in [0.4, 0.5) is 5.95 Å². The largest absolute Gasteiger partial charge is 0.369 e. The molecule has 0 unspecified atom stereocenters. The van der Waals surface area contributed by atoms with Crippen LogP contribution in [0, 0.1) is 0 Å². The fourth-order valence-electron chi connectivity index (χ4n) is 1.92. The quantitative estimate of drug-likeness (QED) is 0.713. The van der Waals surface area contributed by atoms with Crippen LogP contribution in [0.2, 0.25) is 5.02 Å². The van der Waals surface area contributed by atoms with Gasteiger partial charge in [-0.1, -0.05) is 29.8 Å². The predicted molar refractivity (Wildman–Crippen MR) is 70.1 cm³/mol. The second kappa shape index (κ2) is 3.79. The molecule has 0 fully saturated rings. The second-order valence-corrected chi connectivity index (χ2v) is 4.24. The molecule has 2 aromatic heterocycles. The van der Waals surface area contributed by atoms with E-state index in [0.29, 0.717) is 5.95 Å². The predicted octanol–water partition coefficient (Wildman–Crippen LogP) is 3.24. The van der Waals surface area contributed by atoms with Crippen molar-refractivity contribution in [2.75, 3.05) is 5.73 Å². The summed E-state index contributed by atoms with van der Waals surface area (Å²) >= 11 is 5.88. The number of benzene rings is 1. The van der Waals surface area contributed by atoms with E-state index in [1.165, 1.54) is 0 Å². The number of nitrogen functional groups attached to an aromatic ring is 1. The van der Waals surface area contributed by atoms with Gasteiger partial charge in [0.2, 0.25) is 5.95 Å². The molecular formula is C13H10ClN3. The van der Waals surface area contributed by atoms with Crippen LogP contribution in [-0.2, 0) is 0 Å². The van der Waals surface area contributed by atoms with Crippen molar-refractivity contribution in [3.8, 4) is 11.1 Å². The molecule has 0 amide bonds. The molecule has 0 aliphatic heterocycles. The van der Waals surface area contributed by atoms with Gasteiger partial charge in [-0.05, 0) is 23.8 Å². The number of imidazole rings is 1. The first-order valence-corrected chi connectivity index (χ1v) is 5.61. The van der Waals surface area contributed by atoms with E-state index in [-0.39, 0.29) is 0 Å². The van der Waals surface area contributed by atoms with Gasteiger partial charge in [-0.3, -0.25) is 4.40 Å². The van der Waals surface area contributed by atoms with E-state index in [2.05, 4.69) is 4.98 Å². The molecule has 0 radical (unpaired) electrons. The van der Waals surface area contributed by atoms with Crippen molar-refractivity contribution in [3.63, 3.8) is 0 Å². The number of nitrogens with zero attached hydrogens (tertiary/aromatic N) is 2. The molecule has 0 saturated heterocycles. The third-order valence-corrected chi connectivity index (χ3v) is 3.01. The van der Waals surface area contributed by atoms with E-state index in [1.807, 2.05) is 47.0 Å². The van der Waals surface area contributed by atoms with Gasteiger partial charge in [0.1, 0.15) is 0 Å². The molecule has 3 aromatic rings. The Labute approximate surface area is 103 Å². The Bertz CT molecular complexity index is 671. The van der Waals surface area contributed by atoms with Gasteiger partial charge < -0.3 is 5.73 Å². The Morgan fingerprint density at radius 3 is 2.65 bits per heavy atom. The highest BCUT2D eigenvalue weighted by Gasteiger charge is 2.06. The van der Waals surface area contributed by atoms with Crippen LogP contribution >= 0.6 is 11.6 Å². The van der Waals surface area contributed by atoms with Crippen molar-refractivity contribution in [2.24, 2.45) is 0 Å². The minimum Gasteiger partial charge on any atom is -0.369 e. The molecule has 1 aromatic carbocycles. The Hall–Kier alpha value is -2.00. The first-order valence-electron chi connectivity index (χ1n) is 5.23. The molecule has 0 aliphatic rings. The van der Waals surface area contributed by atoms with Gasteiger partial charge in [0, 0.05) is 16.8 Å². The summed E-state index contributed by atoms with van der Waals surface area (Å²) in [7, 11) is 0. The average Bonchev–Trinajstić information content (AvgIpc) is 2.73. The number of rotatable bonds is 1. The maximum Gasteiger partial charge on any atom is 0.204 e. The molecule has 2 heterocycles. The van der Waals surface area contributed by atoms with Crippen LogP contribution < -0.4 is 5.73 Å². The lowest BCUT2D eigenvalue weighted by atomic mass is 10.1. The number of hydrogen-bond donors (Lipinski definition) is 1. The van der Waals surface area contributed by atoms with Crippen LogP contribution in [-0.4, -0.2) is 9.38 Å². The third-order valence-electron chi connectivity index (χ3n) is 2.75. The molecule has 0 bridgehead atoms. The highest BCUT2D eigenvalue weighted by atomic mass is 35.5. The zero-order chi connectivity index (χ0) is 11.8. The zero-order valence-corrected chi connectivity index (χ0v) is 9.72. The van der Waals surface area contributed by atoms with Gasteiger partial charge in [0.15, 0.2) is 0 Å². The van der Waals surface area contributed by atoms with E-state index in [9.17, 15) is 0 Å². The summed E-state index contributed by atoms with van der Waals surface area (Å²) in [5, 5.41) is 0.730. The Kier molecular flexibility index (Phi) is 2.27. The van der Waals surface area contributed by atoms with Crippen molar-refractivity contribution in [3.05, 3.63) is 53.8 Å². The van der Waals surface area contributed by atoms with E-state index in [1.54, 1.807) is 6.20 Å². The van der Waals surface area contributed by atoms with Crippen LogP contribution in [0.25, 0.3) is 16.6 Å². The number of aromatic nitrogens is 2. The highest BCUT2D eigenvalue weighted by Crippen LogP contribution is 2.26. The van der Waals surface area contributed by atoms with Crippen molar-refractivity contribution in [1.82, 2.24) is 9.38 Å². The van der Waals surface area contributed by atoms with E-state index < -0.39 is 0 Å². The van der Waals surface area contributed by atoms with Gasteiger partial charge in [-0.15, -0.1) is 0 Å². The summed E-state index contributed by atoms with van der Waals surface area (Å²) in [6.07, 6.45) is 3.68. The molecular weight excluding hydrogens is 234 g/mol. The van der Waals surface area contributed by atoms with Crippen LogP contribution in [0.1, 0.15) is 0 Å². The maximum absolute atomic E-state index is 5.88. The normalized spacial score (nSPS) is 10.9. The summed E-state index contributed by atoms with van der Waals surface area (Å²) < 4.78 is 1.87. The molecule has 2 N–H and O–H groups in total. The molecule has 0 saturated carbocycles. The van der Waals surface area contributed by atoms with Gasteiger partial charge >= 0.3 is 0 Å². The summed E-state index contributed by atoms with van der Waals surface area (Å²) in [5.41, 5.74) is 8.96. The van der Waals surface area contributed by atoms with Gasteiger partial charge in [0.25, 0.3) is 0 Å². The number of nitrogens with two attached hydrogens (primary N) is 1. The lowest BCUT2D eigenvalue weighted by Crippen LogP contribution is -1.94. The van der Waals surface area contributed by atoms with E-state index in [4.69, 9.17) is 17.3 Å². The number of hydrogen-bond acceptors (Lipinski definition) is 2. The Morgan fingerprint density at radius 1 is 1.12 bits per heavy atom. The monoisotopic (exact) mass is 243 g/mol. The van der Waals surface area contributed by atoms with E-state index in [0.717, 1.165) is 21.7 Å². The first kappa shape index (κ1) is 10.2. The molecule has 84 valence electrons. The van der Waals surface area contributed by atoms with Gasteiger partial charge in [-0.25, -0.2) is 4.98 Å². The lowest BCUT2D eigenvalue weighted by Gasteiger charge is -2.04. The summed E-state index contributed by atoms with van der Waals surface area (Å²) in [6, 6.07) is 11.7. The van der Waals surface area contributed by atoms with Crippen LogP contribution in [0.15, 0.2) is 48.8 Å². The molecule has 17 heavy (non-hydrogen) atoms. The van der Waals surface area contributed by atoms with Crippen molar-refractivity contribution in [2.45, 2.75) is 0 Å². The Balaban J connectivity index is 2.26. The topological polar surface area (TPSA) is 43.3 Å². The molecule has 3 nitrogen and oxygen atoms in total. The molecule has 0 spiro atoms. The highest BCUT2D eigenvalue weighted by molar-refractivity contribution is 6.30. The second-order valence-electron chi connectivity index (χ2n) is 3.80. The molecule has 0 atom stereocenters. The lowest BCUT2D eigenvalue weighted by molar-refractivity contribution is 1.17. The molecule has 0 aliphatic carbocycles. The van der Waals surface area contributed by atoms with Crippen molar-refractivity contribution >= 4 is 23.1 Å². The summed E-state index contributed by atoms with van der Waals surface area (Å²) in [6.45, 7) is 0. The van der Waals surface area contributed by atoms with Crippen molar-refractivity contribution in [1.29, 1.82) is 0 Å². The van der Waals surface area contributed by atoms with Gasteiger partial charge in [0.05, 0.1) is 11.7 Å². The summed E-state index contributed by atoms with van der Waals surface area (Å²) in [4.78, 5) is 4.11. The third kappa shape index (κ3) is 1.65. The minimum absolute atomic E-state index is 0.496. The zero-order valence-electron chi connectivity index (χ0n) is 8.97. The SMILES string of the molecule is Nc1ncc2c(-c3ccc(Cl)cc3)cccn12. The van der Waals surface area contributed by atoms with Crippen LogP contribution in [0.5, 0.6) is 0 Å². The summed E-state index contributed by atoms with van der Waals surface area (Å²) in [5.74, 6) is 0.496. The number of halogens is 1. The van der Waals surface area contributed by atoms with E-state index >= 15 is 0 Å². The maximum atomic E-state index is 5.88. The minimum atomic E-state index is 0.496. The number of fused-ring (bicyclic) bond motifs is 1. The molecule has 3 rings (SSSR count). The first-order chi connectivity index (χ1) is 8.25. The van der Waals surface area contributed by atoms with Crippen LogP contribution in [0.3, 0.4) is 0 Å². The number of pyridine rings is 1. The Morgan fingerprint density at radius 2 is 1.88 bits per heavy atom. The average molecular weight is 244 g/mol. The van der Waals surface area contributed by atoms with Crippen molar-refractivity contribution < 1.29 is 0 Å². The standard InChI is InChI=1S/C13H10ClN3/c14-10-5-3-9(4-6-10)11-2-1-7-17-12(11)8-16-13(17)15/h1-8H,(H2,15,16). The van der Waals surface area contributed by atoms with Gasteiger partial charge in [-0.2, -0.15) is 0 Å². The smallest absolute Gasteiger partial charge is 0.204 e. The fraction of sp³-hybridized carbons (Fsp3) is 0. The number of anilines is 1. The fourth-order valence-corrected chi connectivity index (χ4v) is 2.04. The molecule has 4 heteroatoms.